The lowest BCUT2D eigenvalue weighted by Crippen LogP contribution is -2.15. The third kappa shape index (κ3) is 24.4. The Bertz CT molecular complexity index is 798. The number of rotatable bonds is 31. The average molecular weight is 676 g/mol. The second kappa shape index (κ2) is 28.0. The molecule has 41 heavy (non-hydrogen) atoms. The van der Waals surface area contributed by atoms with Crippen LogP contribution in [0.15, 0.2) is 29.2 Å². The van der Waals surface area contributed by atoms with Gasteiger partial charge < -0.3 is 42.6 Å². The van der Waals surface area contributed by atoms with Crippen molar-refractivity contribution in [1.29, 1.82) is 0 Å². The summed E-state index contributed by atoms with van der Waals surface area (Å²) in [6.07, 6.45) is 0. The second-order valence-corrected chi connectivity index (χ2v) is 10.7. The highest BCUT2D eigenvalue weighted by atomic mass is 79.9. The zero-order valence-corrected chi connectivity index (χ0v) is 26.5. The van der Waals surface area contributed by atoms with Crippen LogP contribution < -0.4 is 0 Å². The smallest absolute Gasteiger partial charge is 0.297 e. The van der Waals surface area contributed by atoms with E-state index in [-0.39, 0.29) is 18.1 Å². The molecule has 14 heteroatoms. The molecular formula is C27H47BrO12S. The maximum Gasteiger partial charge on any atom is 0.297 e. The van der Waals surface area contributed by atoms with Gasteiger partial charge in [0.1, 0.15) is 0 Å². The first-order chi connectivity index (χ1) is 20.1. The van der Waals surface area contributed by atoms with E-state index in [2.05, 4.69) is 15.9 Å². The molecule has 1 aromatic carbocycles. The molecule has 0 aliphatic heterocycles. The summed E-state index contributed by atoms with van der Waals surface area (Å²) in [5, 5.41) is 0.831. The van der Waals surface area contributed by atoms with Gasteiger partial charge in [0, 0.05) is 5.33 Å². The molecule has 0 aromatic heterocycles. The normalized spacial score (nSPS) is 11.9. The second-order valence-electron chi connectivity index (χ2n) is 8.29. The van der Waals surface area contributed by atoms with Crippen molar-refractivity contribution < 1.29 is 55.2 Å². The molecule has 0 aliphatic carbocycles. The average Bonchev–Trinajstić information content (AvgIpc) is 2.96. The lowest BCUT2D eigenvalue weighted by molar-refractivity contribution is -0.0251. The third-order valence-corrected chi connectivity index (χ3v) is 6.62. The Hall–Kier alpha value is -0.750. The summed E-state index contributed by atoms with van der Waals surface area (Å²) >= 11 is 3.29. The van der Waals surface area contributed by atoms with E-state index in [0.717, 1.165) is 10.9 Å². The van der Waals surface area contributed by atoms with Crippen molar-refractivity contribution in [2.45, 2.75) is 11.8 Å². The molecule has 1 rings (SSSR count). The first kappa shape index (κ1) is 38.3. The van der Waals surface area contributed by atoms with E-state index in [4.69, 9.17) is 46.8 Å². The van der Waals surface area contributed by atoms with E-state index in [9.17, 15) is 8.42 Å². The van der Waals surface area contributed by atoms with Crippen molar-refractivity contribution in [1.82, 2.24) is 0 Å². The van der Waals surface area contributed by atoms with Crippen molar-refractivity contribution in [2.75, 3.05) is 131 Å². The molecule has 0 radical (unpaired) electrons. The maximum absolute atomic E-state index is 12.1. The zero-order valence-electron chi connectivity index (χ0n) is 24.1. The van der Waals surface area contributed by atoms with Crippen LogP contribution in [0, 0.1) is 6.92 Å². The number of ether oxygens (including phenoxy) is 9. The highest BCUT2D eigenvalue weighted by Gasteiger charge is 2.14. The van der Waals surface area contributed by atoms with Crippen LogP contribution in [0.2, 0.25) is 0 Å². The van der Waals surface area contributed by atoms with Crippen LogP contribution in [0.3, 0.4) is 0 Å². The summed E-state index contributed by atoms with van der Waals surface area (Å²) in [6.45, 7) is 10.4. The van der Waals surface area contributed by atoms with Gasteiger partial charge in [0.15, 0.2) is 0 Å². The van der Waals surface area contributed by atoms with E-state index in [1.54, 1.807) is 12.1 Å². The van der Waals surface area contributed by atoms with Gasteiger partial charge in [-0.05, 0) is 19.1 Å². The van der Waals surface area contributed by atoms with Crippen LogP contribution in [0.1, 0.15) is 5.56 Å². The van der Waals surface area contributed by atoms with Crippen LogP contribution in [0.25, 0.3) is 0 Å². The molecule has 0 atom stereocenters. The van der Waals surface area contributed by atoms with Gasteiger partial charge in [-0.2, -0.15) is 8.42 Å². The third-order valence-electron chi connectivity index (χ3n) is 4.97. The largest absolute Gasteiger partial charge is 0.378 e. The molecule has 0 saturated carbocycles. The van der Waals surface area contributed by atoms with Crippen molar-refractivity contribution in [3.8, 4) is 0 Å². The van der Waals surface area contributed by atoms with Crippen LogP contribution in [0.4, 0.5) is 0 Å². The Morgan fingerprint density at radius 2 is 0.732 bits per heavy atom. The summed E-state index contributed by atoms with van der Waals surface area (Å²) < 4.78 is 77.6. The number of hydrogen-bond acceptors (Lipinski definition) is 12. The number of alkyl halides is 1. The van der Waals surface area contributed by atoms with E-state index in [1.807, 2.05) is 6.92 Å². The van der Waals surface area contributed by atoms with Crippen LogP contribution in [-0.4, -0.2) is 139 Å². The minimum atomic E-state index is -3.77. The first-order valence-corrected chi connectivity index (χ1v) is 16.3. The fourth-order valence-corrected chi connectivity index (χ4v) is 4.01. The highest BCUT2D eigenvalue weighted by Crippen LogP contribution is 2.12. The Labute approximate surface area is 253 Å². The summed E-state index contributed by atoms with van der Waals surface area (Å²) in [7, 11) is -3.77. The summed E-state index contributed by atoms with van der Waals surface area (Å²) in [6, 6.07) is 6.48. The fraction of sp³-hybridized carbons (Fsp3) is 0.778. The van der Waals surface area contributed by atoms with Gasteiger partial charge in [0.25, 0.3) is 10.1 Å². The molecule has 0 saturated heterocycles. The number of hydrogen-bond donors (Lipinski definition) is 0. The molecule has 0 amide bonds. The van der Waals surface area contributed by atoms with Crippen LogP contribution >= 0.6 is 15.9 Å². The predicted octanol–water partition coefficient (Wildman–Crippen LogP) is 2.24. The summed E-state index contributed by atoms with van der Waals surface area (Å²) in [4.78, 5) is 0.130. The molecule has 0 heterocycles. The van der Waals surface area contributed by atoms with Gasteiger partial charge in [-0.25, -0.2) is 0 Å². The molecule has 0 bridgehead atoms. The lowest BCUT2D eigenvalue weighted by Gasteiger charge is -2.09. The molecule has 0 unspecified atom stereocenters. The Morgan fingerprint density at radius 1 is 0.463 bits per heavy atom. The quantitative estimate of drug-likeness (QED) is 0.0651. The van der Waals surface area contributed by atoms with Gasteiger partial charge in [-0.3, -0.25) is 4.18 Å². The van der Waals surface area contributed by atoms with Gasteiger partial charge >= 0.3 is 0 Å². The number of halogens is 1. The maximum atomic E-state index is 12.1. The molecule has 0 fully saturated rings. The van der Waals surface area contributed by atoms with Crippen molar-refractivity contribution in [3.05, 3.63) is 29.8 Å². The SMILES string of the molecule is Cc1ccc(S(=O)(=O)OCCOCCOCCOCCOCCOCCOCCOCCOCCOCCBr)cc1. The molecule has 0 spiro atoms. The highest BCUT2D eigenvalue weighted by molar-refractivity contribution is 9.09. The van der Waals surface area contributed by atoms with Gasteiger partial charge in [0.2, 0.25) is 0 Å². The minimum absolute atomic E-state index is 0.0557. The fourth-order valence-electron chi connectivity index (χ4n) is 2.89. The van der Waals surface area contributed by atoms with E-state index in [1.165, 1.54) is 12.1 Å². The zero-order chi connectivity index (χ0) is 29.7. The molecular weight excluding hydrogens is 628 g/mol. The molecule has 0 aliphatic rings. The van der Waals surface area contributed by atoms with Crippen molar-refractivity contribution in [3.63, 3.8) is 0 Å². The summed E-state index contributed by atoms with van der Waals surface area (Å²) in [5.41, 5.74) is 0.977. The van der Waals surface area contributed by atoms with E-state index < -0.39 is 10.1 Å². The Kier molecular flexibility index (Phi) is 26.2. The topological polar surface area (TPSA) is 126 Å². The lowest BCUT2D eigenvalue weighted by atomic mass is 10.2. The summed E-state index contributed by atoms with van der Waals surface area (Å²) in [5.74, 6) is 0. The monoisotopic (exact) mass is 674 g/mol. The van der Waals surface area contributed by atoms with Crippen molar-refractivity contribution >= 4 is 26.0 Å². The molecule has 12 nitrogen and oxygen atoms in total. The van der Waals surface area contributed by atoms with Gasteiger partial charge in [0.05, 0.1) is 130 Å². The molecule has 1 aromatic rings. The minimum Gasteiger partial charge on any atom is -0.378 e. The Balaban J connectivity index is 1.71. The van der Waals surface area contributed by atoms with Gasteiger partial charge in [-0.1, -0.05) is 33.6 Å². The predicted molar refractivity (Wildman–Crippen MR) is 155 cm³/mol. The van der Waals surface area contributed by atoms with Crippen LogP contribution in [0.5, 0.6) is 0 Å². The molecule has 240 valence electrons. The van der Waals surface area contributed by atoms with Crippen LogP contribution in [-0.2, 0) is 56.9 Å². The molecule has 0 N–H and O–H groups in total. The van der Waals surface area contributed by atoms with E-state index in [0.29, 0.717) is 112 Å². The number of benzene rings is 1. The first-order valence-electron chi connectivity index (χ1n) is 13.8. The number of aryl methyl sites for hydroxylation is 1. The van der Waals surface area contributed by atoms with Crippen molar-refractivity contribution in [2.24, 2.45) is 0 Å². The van der Waals surface area contributed by atoms with E-state index >= 15 is 0 Å². The Morgan fingerprint density at radius 3 is 1.02 bits per heavy atom. The standard InChI is InChI=1S/C27H47BrO12S/c1-26-2-4-27(5-3-26)41(29,30)40-25-24-39-23-22-38-21-20-37-19-18-36-17-16-35-15-14-34-13-12-33-11-10-32-9-8-31-7-6-28/h2-5H,6-25H2,1H3. The van der Waals surface area contributed by atoms with Gasteiger partial charge in [-0.15, -0.1) is 0 Å².